The highest BCUT2D eigenvalue weighted by Crippen LogP contribution is 2.24. The number of hydrogen-bond donors (Lipinski definition) is 0. The predicted octanol–water partition coefficient (Wildman–Crippen LogP) is 6.33. The van der Waals surface area contributed by atoms with Crippen molar-refractivity contribution in [3.05, 3.63) is 54.4 Å². The molecule has 1 atom stereocenters. The minimum Gasteiger partial charge on any atom is -0.475 e. The highest BCUT2D eigenvalue weighted by atomic mass is 16.5. The van der Waals surface area contributed by atoms with Crippen LogP contribution in [-0.2, 0) is 0 Å². The van der Waals surface area contributed by atoms with Crippen molar-refractivity contribution in [2.45, 2.75) is 66.0 Å². The van der Waals surface area contributed by atoms with Crippen LogP contribution in [0.2, 0.25) is 0 Å². The highest BCUT2D eigenvalue weighted by molar-refractivity contribution is 5.63. The lowest BCUT2D eigenvalue weighted by molar-refractivity contribution is 0.0202. The van der Waals surface area contributed by atoms with E-state index in [1.54, 1.807) is 0 Å². The number of unbranched alkanes of at least 4 members (excludes halogenated alkanes) is 2. The van der Waals surface area contributed by atoms with Crippen molar-refractivity contribution < 1.29 is 4.74 Å². The molecule has 0 aliphatic carbocycles. The van der Waals surface area contributed by atoms with Gasteiger partial charge < -0.3 is 9.14 Å². The second kappa shape index (κ2) is 10.4. The SMILES string of the molecule is CCCCN(CCCC)C(CC)Oc1ccc(-c2cn3cc(C)ccc3n2)cc1. The van der Waals surface area contributed by atoms with Crippen molar-refractivity contribution in [3.63, 3.8) is 0 Å². The summed E-state index contributed by atoms with van der Waals surface area (Å²) in [7, 11) is 0. The molecule has 0 saturated carbocycles. The number of aromatic nitrogens is 2. The van der Waals surface area contributed by atoms with Gasteiger partial charge in [0.1, 0.15) is 11.4 Å². The maximum absolute atomic E-state index is 6.39. The van der Waals surface area contributed by atoms with Crippen molar-refractivity contribution in [1.82, 2.24) is 14.3 Å². The van der Waals surface area contributed by atoms with Gasteiger partial charge in [0.15, 0.2) is 6.23 Å². The van der Waals surface area contributed by atoms with Crippen LogP contribution in [0.3, 0.4) is 0 Å². The molecule has 156 valence electrons. The monoisotopic (exact) mass is 393 g/mol. The first-order chi connectivity index (χ1) is 14.1. The Morgan fingerprint density at radius 1 is 0.931 bits per heavy atom. The van der Waals surface area contributed by atoms with Crippen molar-refractivity contribution >= 4 is 5.65 Å². The standard InChI is InChI=1S/C25H35N3O/c1-5-8-16-27(17-9-6-2)25(7-3)29-22-13-11-21(12-14-22)23-19-28-18-20(4)10-15-24(28)26-23/h10-15,18-19,25H,5-9,16-17H2,1-4H3. The van der Waals surface area contributed by atoms with Crippen LogP contribution in [0, 0.1) is 6.92 Å². The fourth-order valence-electron chi connectivity index (χ4n) is 3.64. The first kappa shape index (κ1) is 21.4. The third kappa shape index (κ3) is 5.60. The van der Waals surface area contributed by atoms with E-state index in [2.05, 4.69) is 85.8 Å². The molecule has 0 fully saturated rings. The second-order valence-corrected chi connectivity index (χ2v) is 7.85. The maximum Gasteiger partial charge on any atom is 0.152 e. The van der Waals surface area contributed by atoms with Gasteiger partial charge in [-0.25, -0.2) is 4.98 Å². The molecule has 0 aliphatic heterocycles. The number of ether oxygens (including phenoxy) is 1. The van der Waals surface area contributed by atoms with Gasteiger partial charge in [-0.3, -0.25) is 4.90 Å². The largest absolute Gasteiger partial charge is 0.475 e. The minimum atomic E-state index is 0.136. The summed E-state index contributed by atoms with van der Waals surface area (Å²) in [5, 5.41) is 0. The normalized spacial score (nSPS) is 12.6. The Morgan fingerprint density at radius 3 is 2.24 bits per heavy atom. The van der Waals surface area contributed by atoms with Crippen molar-refractivity contribution in [1.29, 1.82) is 0 Å². The number of nitrogens with zero attached hydrogens (tertiary/aromatic N) is 3. The average Bonchev–Trinajstić information content (AvgIpc) is 3.16. The predicted molar refractivity (Wildman–Crippen MR) is 121 cm³/mol. The molecule has 4 nitrogen and oxygen atoms in total. The molecule has 0 N–H and O–H groups in total. The summed E-state index contributed by atoms with van der Waals surface area (Å²) in [6, 6.07) is 12.5. The van der Waals surface area contributed by atoms with E-state index >= 15 is 0 Å². The number of benzene rings is 1. The molecule has 0 bridgehead atoms. The smallest absolute Gasteiger partial charge is 0.152 e. The first-order valence-corrected chi connectivity index (χ1v) is 11.1. The van der Waals surface area contributed by atoms with Crippen LogP contribution in [0.1, 0.15) is 58.4 Å². The Morgan fingerprint density at radius 2 is 1.62 bits per heavy atom. The van der Waals surface area contributed by atoms with Crippen LogP contribution in [-0.4, -0.2) is 33.6 Å². The Kier molecular flexibility index (Phi) is 7.70. The third-order valence-electron chi connectivity index (χ3n) is 5.38. The van der Waals surface area contributed by atoms with Crippen LogP contribution in [0.4, 0.5) is 0 Å². The van der Waals surface area contributed by atoms with Gasteiger partial charge in [-0.15, -0.1) is 0 Å². The van der Waals surface area contributed by atoms with Gasteiger partial charge in [0.25, 0.3) is 0 Å². The van der Waals surface area contributed by atoms with Crippen molar-refractivity contribution in [2.75, 3.05) is 13.1 Å². The molecule has 0 spiro atoms. The van der Waals surface area contributed by atoms with Gasteiger partial charge in [0.2, 0.25) is 0 Å². The fourth-order valence-corrected chi connectivity index (χ4v) is 3.64. The van der Waals surface area contributed by atoms with Crippen LogP contribution in [0.5, 0.6) is 5.75 Å². The van der Waals surface area contributed by atoms with Crippen LogP contribution in [0.25, 0.3) is 16.9 Å². The second-order valence-electron chi connectivity index (χ2n) is 7.85. The Bertz CT molecular complexity index is 877. The molecule has 0 amide bonds. The zero-order valence-corrected chi connectivity index (χ0v) is 18.4. The first-order valence-electron chi connectivity index (χ1n) is 11.1. The van der Waals surface area contributed by atoms with Crippen molar-refractivity contribution in [2.24, 2.45) is 0 Å². The van der Waals surface area contributed by atoms with E-state index in [1.807, 2.05) is 0 Å². The van der Waals surface area contributed by atoms with Crippen LogP contribution < -0.4 is 4.74 Å². The van der Waals surface area contributed by atoms with Gasteiger partial charge in [-0.05, 0) is 62.1 Å². The lowest BCUT2D eigenvalue weighted by atomic mass is 10.1. The number of imidazole rings is 1. The summed E-state index contributed by atoms with van der Waals surface area (Å²) >= 11 is 0. The number of pyridine rings is 1. The quantitative estimate of drug-likeness (QED) is 0.357. The van der Waals surface area contributed by atoms with E-state index in [9.17, 15) is 0 Å². The van der Waals surface area contributed by atoms with Crippen molar-refractivity contribution in [3.8, 4) is 17.0 Å². The topological polar surface area (TPSA) is 29.8 Å². The molecule has 4 heteroatoms. The summed E-state index contributed by atoms with van der Waals surface area (Å²) in [4.78, 5) is 7.25. The van der Waals surface area contributed by atoms with Gasteiger partial charge in [-0.1, -0.05) is 39.7 Å². The molecule has 1 unspecified atom stereocenters. The summed E-state index contributed by atoms with van der Waals surface area (Å²) in [5.74, 6) is 0.929. The zero-order valence-electron chi connectivity index (χ0n) is 18.4. The average molecular weight is 394 g/mol. The molecule has 0 saturated heterocycles. The van der Waals surface area contributed by atoms with Gasteiger partial charge in [-0.2, -0.15) is 0 Å². The fraction of sp³-hybridized carbons (Fsp3) is 0.480. The van der Waals surface area contributed by atoms with E-state index in [4.69, 9.17) is 9.72 Å². The number of rotatable bonds is 11. The van der Waals surface area contributed by atoms with Crippen LogP contribution in [0.15, 0.2) is 48.8 Å². The summed E-state index contributed by atoms with van der Waals surface area (Å²) in [5.41, 5.74) is 4.30. The Hall–Kier alpha value is -2.33. The van der Waals surface area contributed by atoms with E-state index in [-0.39, 0.29) is 6.23 Å². The van der Waals surface area contributed by atoms with E-state index in [0.29, 0.717) is 0 Å². The van der Waals surface area contributed by atoms with Gasteiger partial charge in [0.05, 0.1) is 5.69 Å². The summed E-state index contributed by atoms with van der Waals surface area (Å²) < 4.78 is 8.47. The molecule has 0 radical (unpaired) electrons. The highest BCUT2D eigenvalue weighted by Gasteiger charge is 2.17. The number of aryl methyl sites for hydroxylation is 1. The van der Waals surface area contributed by atoms with Gasteiger partial charge in [0, 0.05) is 31.0 Å². The molecule has 3 rings (SSSR count). The van der Waals surface area contributed by atoms with E-state index in [0.717, 1.165) is 42.2 Å². The summed E-state index contributed by atoms with van der Waals surface area (Å²) in [6.07, 6.45) is 10.2. The molecule has 2 aromatic heterocycles. The van der Waals surface area contributed by atoms with E-state index in [1.165, 1.54) is 31.2 Å². The maximum atomic E-state index is 6.39. The Labute approximate surface area is 175 Å². The number of fused-ring (bicyclic) bond motifs is 1. The molecule has 29 heavy (non-hydrogen) atoms. The number of hydrogen-bond acceptors (Lipinski definition) is 3. The molecule has 2 heterocycles. The molecular formula is C25H35N3O. The zero-order chi connectivity index (χ0) is 20.6. The lowest BCUT2D eigenvalue weighted by Crippen LogP contribution is -2.40. The Balaban J connectivity index is 1.71. The molecular weight excluding hydrogens is 358 g/mol. The minimum absolute atomic E-state index is 0.136. The molecule has 1 aromatic carbocycles. The van der Waals surface area contributed by atoms with Gasteiger partial charge >= 0.3 is 0 Å². The van der Waals surface area contributed by atoms with E-state index < -0.39 is 0 Å². The lowest BCUT2D eigenvalue weighted by Gasteiger charge is -2.31. The third-order valence-corrected chi connectivity index (χ3v) is 5.38. The van der Waals surface area contributed by atoms with Crippen LogP contribution >= 0.6 is 0 Å². The summed E-state index contributed by atoms with van der Waals surface area (Å²) in [6.45, 7) is 11.0. The molecule has 0 aliphatic rings. The molecule has 3 aromatic rings.